The number of hydrogen-bond donors (Lipinski definition) is 1. The highest BCUT2D eigenvalue weighted by Gasteiger charge is 2.34. The van der Waals surface area contributed by atoms with E-state index in [1.807, 2.05) is 30.3 Å². The molecule has 186 valence electrons. The molecule has 0 aliphatic carbocycles. The van der Waals surface area contributed by atoms with Crippen LogP contribution in [0.15, 0.2) is 48.7 Å². The first-order valence-electron chi connectivity index (χ1n) is 11.0. The fraction of sp³-hybridized carbons (Fsp3) is 0.480. The maximum Gasteiger partial charge on any atom is 0.422 e. The summed E-state index contributed by atoms with van der Waals surface area (Å²) in [5.74, 6) is -2.26. The number of ether oxygens (including phenoxy) is 2. The van der Waals surface area contributed by atoms with Crippen LogP contribution in [0.4, 0.5) is 13.2 Å². The Morgan fingerprint density at radius 1 is 1.03 bits per heavy atom. The Bertz CT molecular complexity index is 941. The van der Waals surface area contributed by atoms with Crippen LogP contribution < -0.4 is 10.1 Å². The molecular weight excluding hydrogens is 449 g/mol. The first-order chi connectivity index (χ1) is 15.7. The second-order valence-corrected chi connectivity index (χ2v) is 9.17. The molecule has 0 aliphatic rings. The minimum atomic E-state index is -4.45. The van der Waals surface area contributed by atoms with E-state index in [-0.39, 0.29) is 11.7 Å². The van der Waals surface area contributed by atoms with Crippen LogP contribution in [-0.4, -0.2) is 35.2 Å². The quantitative estimate of drug-likeness (QED) is 0.509. The molecule has 6 nitrogen and oxygen atoms in total. The van der Waals surface area contributed by atoms with Crippen LogP contribution in [-0.2, 0) is 20.7 Å². The lowest BCUT2D eigenvalue weighted by molar-refractivity contribution is -0.163. The SMILES string of the molecule is C[C@H](C(=O)OC(C)(C)C)[C@@H](Cc1ccccc1)C(=O)N[C@H](C)c1ccc(OCC(F)(F)F)cn1. The second kappa shape index (κ2) is 11.4. The highest BCUT2D eigenvalue weighted by Crippen LogP contribution is 2.24. The van der Waals surface area contributed by atoms with Crippen LogP contribution in [0.5, 0.6) is 5.75 Å². The molecule has 0 spiro atoms. The number of pyridine rings is 1. The van der Waals surface area contributed by atoms with E-state index < -0.39 is 42.2 Å². The van der Waals surface area contributed by atoms with Gasteiger partial charge in [-0.25, -0.2) is 0 Å². The first kappa shape index (κ1) is 27.1. The lowest BCUT2D eigenvalue weighted by Gasteiger charge is -2.27. The molecule has 9 heteroatoms. The average molecular weight is 481 g/mol. The molecule has 1 heterocycles. The third-order valence-corrected chi connectivity index (χ3v) is 4.98. The summed E-state index contributed by atoms with van der Waals surface area (Å²) in [7, 11) is 0. The van der Waals surface area contributed by atoms with Gasteiger partial charge < -0.3 is 14.8 Å². The molecule has 3 atom stereocenters. The number of aromatic nitrogens is 1. The van der Waals surface area contributed by atoms with Gasteiger partial charge in [0.2, 0.25) is 5.91 Å². The number of rotatable bonds is 9. The van der Waals surface area contributed by atoms with Gasteiger partial charge in [-0.1, -0.05) is 37.3 Å². The van der Waals surface area contributed by atoms with E-state index in [0.717, 1.165) is 5.56 Å². The van der Waals surface area contributed by atoms with Crippen LogP contribution >= 0.6 is 0 Å². The molecule has 34 heavy (non-hydrogen) atoms. The fourth-order valence-electron chi connectivity index (χ4n) is 3.22. The number of carbonyl (C=O) groups is 2. The van der Waals surface area contributed by atoms with Crippen LogP contribution in [0.2, 0.25) is 0 Å². The van der Waals surface area contributed by atoms with Crippen molar-refractivity contribution >= 4 is 11.9 Å². The summed E-state index contributed by atoms with van der Waals surface area (Å²) >= 11 is 0. The number of alkyl halides is 3. The average Bonchev–Trinajstić information content (AvgIpc) is 2.75. The smallest absolute Gasteiger partial charge is 0.422 e. The number of benzene rings is 1. The zero-order chi connectivity index (χ0) is 25.5. The molecule has 0 fully saturated rings. The van der Waals surface area contributed by atoms with Gasteiger partial charge in [0.15, 0.2) is 6.61 Å². The van der Waals surface area contributed by atoms with Gasteiger partial charge in [0, 0.05) is 0 Å². The molecule has 1 N–H and O–H groups in total. The molecule has 1 aromatic heterocycles. The van der Waals surface area contributed by atoms with Crippen molar-refractivity contribution in [1.82, 2.24) is 10.3 Å². The highest BCUT2D eigenvalue weighted by molar-refractivity contribution is 5.85. The Kier molecular flexibility index (Phi) is 9.06. The van der Waals surface area contributed by atoms with Crippen molar-refractivity contribution in [2.75, 3.05) is 6.61 Å². The van der Waals surface area contributed by atoms with E-state index in [1.54, 1.807) is 34.6 Å². The van der Waals surface area contributed by atoms with Crippen molar-refractivity contribution in [3.63, 3.8) is 0 Å². The maximum atomic E-state index is 13.2. The first-order valence-corrected chi connectivity index (χ1v) is 11.0. The Balaban J connectivity index is 2.13. The lowest BCUT2D eigenvalue weighted by atomic mass is 9.86. The number of nitrogens with one attached hydrogen (secondary N) is 1. The molecule has 0 radical (unpaired) electrons. The minimum absolute atomic E-state index is 0.0277. The van der Waals surface area contributed by atoms with Crippen molar-refractivity contribution in [2.45, 2.75) is 58.9 Å². The van der Waals surface area contributed by atoms with E-state index in [0.29, 0.717) is 12.1 Å². The predicted molar refractivity (Wildman–Crippen MR) is 121 cm³/mol. The molecule has 1 amide bonds. The number of halogens is 3. The van der Waals surface area contributed by atoms with E-state index in [4.69, 9.17) is 4.74 Å². The van der Waals surface area contributed by atoms with E-state index in [1.165, 1.54) is 18.3 Å². The van der Waals surface area contributed by atoms with Crippen LogP contribution in [0.25, 0.3) is 0 Å². The zero-order valence-corrected chi connectivity index (χ0v) is 20.0. The number of esters is 1. The van der Waals surface area contributed by atoms with Gasteiger partial charge in [0.25, 0.3) is 0 Å². The molecule has 1 aromatic carbocycles. The molecule has 0 aliphatic heterocycles. The van der Waals surface area contributed by atoms with E-state index in [2.05, 4.69) is 15.0 Å². The summed E-state index contributed by atoms with van der Waals surface area (Å²) in [4.78, 5) is 30.0. The van der Waals surface area contributed by atoms with Crippen LogP contribution in [0, 0.1) is 11.8 Å². The number of amides is 1. The van der Waals surface area contributed by atoms with Gasteiger partial charge in [-0.05, 0) is 51.8 Å². The van der Waals surface area contributed by atoms with E-state index >= 15 is 0 Å². The summed E-state index contributed by atoms with van der Waals surface area (Å²) in [6.45, 7) is 7.24. The molecule has 0 saturated heterocycles. The fourth-order valence-corrected chi connectivity index (χ4v) is 3.22. The van der Waals surface area contributed by atoms with Crippen molar-refractivity contribution in [3.05, 3.63) is 59.9 Å². The molecular formula is C25H31F3N2O4. The maximum absolute atomic E-state index is 13.2. The molecule has 2 rings (SSSR count). The summed E-state index contributed by atoms with van der Waals surface area (Å²) in [5, 5.41) is 2.86. The normalized spacial score (nSPS) is 14.6. The molecule has 0 unspecified atom stereocenters. The largest absolute Gasteiger partial charge is 0.483 e. The van der Waals surface area contributed by atoms with Crippen LogP contribution in [0.3, 0.4) is 0 Å². The van der Waals surface area contributed by atoms with Gasteiger partial charge in [0.1, 0.15) is 11.4 Å². The van der Waals surface area contributed by atoms with E-state index in [9.17, 15) is 22.8 Å². The molecule has 0 saturated carbocycles. The van der Waals surface area contributed by atoms with Crippen molar-refractivity contribution in [2.24, 2.45) is 11.8 Å². The lowest BCUT2D eigenvalue weighted by Crippen LogP contribution is -2.41. The standard InChI is InChI=1S/C25H31F3N2O4/c1-16(23(32)34-24(3,4)5)20(13-18-9-7-6-8-10-18)22(31)30-17(2)21-12-11-19(14-29-21)33-15-25(26,27)28/h6-12,14,16-17,20H,13,15H2,1-5H3,(H,30,31)/t16-,17+,20+/m0/s1. The Labute approximate surface area is 197 Å². The van der Waals surface area contributed by atoms with Crippen LogP contribution in [0.1, 0.15) is 51.9 Å². The third-order valence-electron chi connectivity index (χ3n) is 4.98. The number of nitrogens with zero attached hydrogens (tertiary/aromatic N) is 1. The topological polar surface area (TPSA) is 77.5 Å². The summed E-state index contributed by atoms with van der Waals surface area (Å²) < 4.78 is 47.1. The Morgan fingerprint density at radius 2 is 1.68 bits per heavy atom. The van der Waals surface area contributed by atoms with Crippen molar-refractivity contribution in [1.29, 1.82) is 0 Å². The van der Waals surface area contributed by atoms with Crippen molar-refractivity contribution in [3.8, 4) is 5.75 Å². The summed E-state index contributed by atoms with van der Waals surface area (Å²) in [6, 6.07) is 11.6. The summed E-state index contributed by atoms with van der Waals surface area (Å²) in [5.41, 5.74) is 0.651. The third kappa shape index (κ3) is 9.03. The summed E-state index contributed by atoms with van der Waals surface area (Å²) in [6.07, 6.45) is -2.94. The minimum Gasteiger partial charge on any atom is -0.483 e. The monoisotopic (exact) mass is 480 g/mol. The molecule has 2 aromatic rings. The Hall–Kier alpha value is -3.10. The van der Waals surface area contributed by atoms with Gasteiger partial charge in [0.05, 0.1) is 29.8 Å². The number of carbonyl (C=O) groups excluding carboxylic acids is 2. The van der Waals surface area contributed by atoms with Crippen molar-refractivity contribution < 1.29 is 32.2 Å². The van der Waals surface area contributed by atoms with Gasteiger partial charge in [-0.2, -0.15) is 13.2 Å². The Morgan fingerprint density at radius 3 is 2.21 bits per heavy atom. The zero-order valence-electron chi connectivity index (χ0n) is 20.0. The number of hydrogen-bond acceptors (Lipinski definition) is 5. The highest BCUT2D eigenvalue weighted by atomic mass is 19.4. The van der Waals surface area contributed by atoms with Gasteiger partial charge in [-0.15, -0.1) is 0 Å². The molecule has 0 bridgehead atoms. The second-order valence-electron chi connectivity index (χ2n) is 9.17. The predicted octanol–water partition coefficient (Wildman–Crippen LogP) is 5.04. The van der Waals surface area contributed by atoms with Gasteiger partial charge in [-0.3, -0.25) is 14.6 Å². The van der Waals surface area contributed by atoms with Gasteiger partial charge >= 0.3 is 12.1 Å².